The van der Waals surface area contributed by atoms with Gasteiger partial charge in [-0.1, -0.05) is 30.0 Å². The molecule has 27 heavy (non-hydrogen) atoms. The number of carbonyl (C=O) groups excluding carboxylic acids is 1. The van der Waals surface area contributed by atoms with E-state index in [0.29, 0.717) is 23.4 Å². The minimum Gasteiger partial charge on any atom is -0.469 e. The fourth-order valence-electron chi connectivity index (χ4n) is 2.84. The highest BCUT2D eigenvalue weighted by Crippen LogP contribution is 2.26. The molecule has 3 aromatic heterocycles. The van der Waals surface area contributed by atoms with Gasteiger partial charge in [-0.05, 0) is 31.0 Å². The molecule has 0 fully saturated rings. The van der Waals surface area contributed by atoms with Crippen molar-refractivity contribution >= 4 is 28.6 Å². The Kier molecular flexibility index (Phi) is 4.97. The summed E-state index contributed by atoms with van der Waals surface area (Å²) in [7, 11) is 0. The number of hydrogen-bond donors (Lipinski definition) is 2. The number of furan rings is 1. The van der Waals surface area contributed by atoms with Crippen molar-refractivity contribution in [3.05, 3.63) is 54.1 Å². The molecule has 0 bridgehead atoms. The zero-order valence-corrected chi connectivity index (χ0v) is 15.5. The largest absolute Gasteiger partial charge is 0.469 e. The average molecular weight is 382 g/mol. The number of fused-ring (bicyclic) bond motifs is 1. The third kappa shape index (κ3) is 3.90. The van der Waals surface area contributed by atoms with Crippen molar-refractivity contribution in [3.63, 3.8) is 0 Å². The maximum atomic E-state index is 12.1. The monoisotopic (exact) mass is 382 g/mol. The van der Waals surface area contributed by atoms with E-state index in [4.69, 9.17) is 8.83 Å². The number of H-pyrrole nitrogens is 1. The molecule has 7 nitrogen and oxygen atoms in total. The van der Waals surface area contributed by atoms with Crippen molar-refractivity contribution in [3.8, 4) is 11.5 Å². The van der Waals surface area contributed by atoms with Crippen LogP contribution in [0, 0.1) is 6.92 Å². The van der Waals surface area contributed by atoms with Gasteiger partial charge in [-0.2, -0.15) is 0 Å². The lowest BCUT2D eigenvalue weighted by Gasteiger charge is -2.03. The predicted octanol–water partition coefficient (Wildman–Crippen LogP) is 3.57. The lowest BCUT2D eigenvalue weighted by Crippen LogP contribution is -2.27. The van der Waals surface area contributed by atoms with Gasteiger partial charge in [0.1, 0.15) is 5.76 Å². The Bertz CT molecular complexity index is 1070. The Hall–Kier alpha value is -3.00. The van der Waals surface area contributed by atoms with Crippen molar-refractivity contribution in [2.24, 2.45) is 0 Å². The maximum absolute atomic E-state index is 12.1. The number of aromatic nitrogens is 3. The third-order valence-electron chi connectivity index (χ3n) is 4.21. The van der Waals surface area contributed by atoms with Crippen LogP contribution in [-0.4, -0.2) is 33.4 Å². The first-order valence-corrected chi connectivity index (χ1v) is 9.52. The standard InChI is InChI=1S/C19H18N4O3S/c1-12-14(7-9-25-12)18-22-23-19(26-18)27-11-17(24)20-8-6-13-10-21-16-5-3-2-4-15(13)16/h2-5,7,9-10,21H,6,8,11H2,1H3,(H,20,24). The number of nitrogens with one attached hydrogen (secondary N) is 2. The number of carbonyl (C=O) groups is 1. The van der Waals surface area contributed by atoms with Crippen LogP contribution in [0.1, 0.15) is 11.3 Å². The highest BCUT2D eigenvalue weighted by Gasteiger charge is 2.14. The van der Waals surface area contributed by atoms with E-state index >= 15 is 0 Å². The van der Waals surface area contributed by atoms with E-state index in [0.717, 1.165) is 17.5 Å². The molecule has 3 heterocycles. The minimum atomic E-state index is -0.0703. The van der Waals surface area contributed by atoms with Gasteiger partial charge < -0.3 is 19.1 Å². The summed E-state index contributed by atoms with van der Waals surface area (Å²) in [5.41, 5.74) is 3.06. The van der Waals surface area contributed by atoms with Gasteiger partial charge in [0.25, 0.3) is 11.1 Å². The van der Waals surface area contributed by atoms with Gasteiger partial charge in [0, 0.05) is 23.6 Å². The second-order valence-corrected chi connectivity index (χ2v) is 6.94. The van der Waals surface area contributed by atoms with Gasteiger partial charge >= 0.3 is 0 Å². The van der Waals surface area contributed by atoms with Gasteiger partial charge in [-0.25, -0.2) is 0 Å². The van der Waals surface area contributed by atoms with Crippen LogP contribution in [-0.2, 0) is 11.2 Å². The molecule has 0 radical (unpaired) electrons. The summed E-state index contributed by atoms with van der Waals surface area (Å²) in [5.74, 6) is 1.26. The topological polar surface area (TPSA) is 97.0 Å². The number of aromatic amines is 1. The third-order valence-corrected chi connectivity index (χ3v) is 5.03. The lowest BCUT2D eigenvalue weighted by atomic mass is 10.1. The van der Waals surface area contributed by atoms with E-state index in [2.05, 4.69) is 26.6 Å². The molecule has 2 N–H and O–H groups in total. The molecule has 0 aliphatic carbocycles. The van der Waals surface area contributed by atoms with E-state index in [-0.39, 0.29) is 11.7 Å². The minimum absolute atomic E-state index is 0.0703. The van der Waals surface area contributed by atoms with Crippen LogP contribution < -0.4 is 5.32 Å². The first-order chi connectivity index (χ1) is 13.2. The lowest BCUT2D eigenvalue weighted by molar-refractivity contribution is -0.118. The molecule has 0 aliphatic rings. The van der Waals surface area contributed by atoms with Crippen LogP contribution in [0.5, 0.6) is 0 Å². The normalized spacial score (nSPS) is 11.1. The van der Waals surface area contributed by atoms with Gasteiger partial charge in [-0.15, -0.1) is 10.2 Å². The Morgan fingerprint density at radius 3 is 3.00 bits per heavy atom. The number of amides is 1. The molecule has 8 heteroatoms. The maximum Gasteiger partial charge on any atom is 0.277 e. The van der Waals surface area contributed by atoms with E-state index in [1.165, 1.54) is 22.7 Å². The first-order valence-electron chi connectivity index (χ1n) is 8.53. The Morgan fingerprint density at radius 2 is 2.15 bits per heavy atom. The Balaban J connectivity index is 1.25. The molecule has 4 rings (SSSR count). The van der Waals surface area contributed by atoms with Crippen LogP contribution in [0.3, 0.4) is 0 Å². The van der Waals surface area contributed by atoms with Crippen LogP contribution in [0.4, 0.5) is 0 Å². The van der Waals surface area contributed by atoms with Crippen molar-refractivity contribution < 1.29 is 13.6 Å². The van der Waals surface area contributed by atoms with Gasteiger partial charge in [0.2, 0.25) is 5.91 Å². The molecule has 0 atom stereocenters. The molecule has 0 unspecified atom stereocenters. The predicted molar refractivity (Wildman–Crippen MR) is 102 cm³/mol. The van der Waals surface area contributed by atoms with Crippen LogP contribution in [0.2, 0.25) is 0 Å². The van der Waals surface area contributed by atoms with E-state index < -0.39 is 0 Å². The highest BCUT2D eigenvalue weighted by molar-refractivity contribution is 7.99. The van der Waals surface area contributed by atoms with Crippen molar-refractivity contribution in [2.45, 2.75) is 18.6 Å². The number of hydrogen-bond acceptors (Lipinski definition) is 6. The van der Waals surface area contributed by atoms with E-state index in [1.54, 1.807) is 12.3 Å². The molecular formula is C19H18N4O3S. The van der Waals surface area contributed by atoms with Crippen LogP contribution >= 0.6 is 11.8 Å². The van der Waals surface area contributed by atoms with Crippen molar-refractivity contribution in [2.75, 3.05) is 12.3 Å². The fraction of sp³-hybridized carbons (Fsp3) is 0.211. The summed E-state index contributed by atoms with van der Waals surface area (Å²) in [6, 6.07) is 9.90. The molecule has 138 valence electrons. The number of para-hydroxylation sites is 1. The molecule has 0 saturated heterocycles. The fourth-order valence-corrected chi connectivity index (χ4v) is 3.43. The Labute approximate surface area is 159 Å². The number of nitrogens with zero attached hydrogens (tertiary/aromatic N) is 2. The van der Waals surface area contributed by atoms with Crippen molar-refractivity contribution in [1.29, 1.82) is 0 Å². The number of aryl methyl sites for hydroxylation is 1. The van der Waals surface area contributed by atoms with E-state index in [9.17, 15) is 4.79 Å². The summed E-state index contributed by atoms with van der Waals surface area (Å²) in [6.07, 6.45) is 4.33. The second-order valence-electron chi connectivity index (χ2n) is 6.01. The van der Waals surface area contributed by atoms with Crippen LogP contribution in [0.25, 0.3) is 22.4 Å². The zero-order chi connectivity index (χ0) is 18.6. The smallest absolute Gasteiger partial charge is 0.277 e. The summed E-state index contributed by atoms with van der Waals surface area (Å²) >= 11 is 1.21. The van der Waals surface area contributed by atoms with E-state index in [1.807, 2.05) is 31.3 Å². The first kappa shape index (κ1) is 17.4. The summed E-state index contributed by atoms with van der Waals surface area (Å²) < 4.78 is 10.8. The molecule has 1 aromatic carbocycles. The quantitative estimate of drug-likeness (QED) is 0.474. The molecule has 0 aliphatic heterocycles. The van der Waals surface area contributed by atoms with Crippen molar-refractivity contribution in [1.82, 2.24) is 20.5 Å². The highest BCUT2D eigenvalue weighted by atomic mass is 32.2. The number of rotatable bonds is 7. The second kappa shape index (κ2) is 7.71. The summed E-state index contributed by atoms with van der Waals surface area (Å²) in [5, 5.41) is 12.4. The van der Waals surface area contributed by atoms with Crippen LogP contribution in [0.15, 0.2) is 56.8 Å². The molecule has 4 aromatic rings. The zero-order valence-electron chi connectivity index (χ0n) is 14.7. The summed E-state index contributed by atoms with van der Waals surface area (Å²) in [6.45, 7) is 2.40. The van der Waals surface area contributed by atoms with Gasteiger partial charge in [0.05, 0.1) is 17.6 Å². The summed E-state index contributed by atoms with van der Waals surface area (Å²) in [4.78, 5) is 15.3. The molecular weight excluding hydrogens is 364 g/mol. The molecule has 1 amide bonds. The molecule has 0 saturated carbocycles. The number of thioether (sulfide) groups is 1. The molecule has 0 spiro atoms. The van der Waals surface area contributed by atoms with Gasteiger partial charge in [-0.3, -0.25) is 4.79 Å². The SMILES string of the molecule is Cc1occc1-c1nnc(SCC(=O)NCCc2c[nH]c3ccccc23)o1. The average Bonchev–Trinajstić information content (AvgIpc) is 3.40. The Morgan fingerprint density at radius 1 is 1.26 bits per heavy atom. The van der Waals surface area contributed by atoms with Gasteiger partial charge in [0.15, 0.2) is 0 Å². The number of benzene rings is 1.